The summed E-state index contributed by atoms with van der Waals surface area (Å²) >= 11 is 0. The molecule has 0 aliphatic carbocycles. The minimum atomic E-state index is -0.894. The van der Waals surface area contributed by atoms with E-state index >= 15 is 0 Å². The van der Waals surface area contributed by atoms with Gasteiger partial charge in [0.25, 0.3) is 0 Å². The molecule has 1 radical (unpaired) electrons. The molecule has 1 aromatic heterocycles. The molecule has 60 heavy (non-hydrogen) atoms. The molecule has 0 fully saturated rings. The molecule has 7 nitrogen and oxygen atoms in total. The number of hydrogen-bond donors (Lipinski definition) is 0. The van der Waals surface area contributed by atoms with Crippen LogP contribution < -0.4 is 15.3 Å². The second-order valence-corrected chi connectivity index (χ2v) is 14.2. The van der Waals surface area contributed by atoms with Crippen LogP contribution in [0.2, 0.25) is 0 Å². The predicted molar refractivity (Wildman–Crippen MR) is 233 cm³/mol. The third-order valence-corrected chi connectivity index (χ3v) is 9.48. The van der Waals surface area contributed by atoms with Crippen LogP contribution in [0.4, 0.5) is 0 Å². The second kappa shape index (κ2) is 22.4. The minimum Gasteiger partial charge on any atom is -0.876 e. The van der Waals surface area contributed by atoms with Gasteiger partial charge in [-0.3, -0.25) is 14.8 Å². The normalized spacial score (nSPS) is 11.7. The molecule has 0 amide bonds. The van der Waals surface area contributed by atoms with Crippen LogP contribution in [0, 0.1) is 5.41 Å². The number of pyridine rings is 1. The standard InChI is InChI=1S/2C18H14O.C16H22N2O3.Fe/c2*19-18-16(14-8-3-1-4-9-14)12-7-13-17(18)15-10-5-2-6-11-15;1-11(10-12(2)19)18-14(13-8-6-7-9-17-13)16(3,4)15(20)21-5;/h2*1-13,19H;6-10,14,19H,1-5H3;/q;;;+3/p-3/b;;12-10-,18-11?;/t;;14-;/m..0./s1. The molecule has 0 aliphatic heterocycles. The van der Waals surface area contributed by atoms with Crippen LogP contribution in [0.3, 0.4) is 0 Å². The number of aromatic nitrogens is 1. The van der Waals surface area contributed by atoms with E-state index in [-0.39, 0.29) is 40.3 Å². The van der Waals surface area contributed by atoms with Gasteiger partial charge in [0.1, 0.15) is 6.04 Å². The van der Waals surface area contributed by atoms with Gasteiger partial charge < -0.3 is 20.1 Å². The van der Waals surface area contributed by atoms with Gasteiger partial charge in [-0.1, -0.05) is 188 Å². The van der Waals surface area contributed by atoms with E-state index in [0.29, 0.717) is 11.4 Å². The Morgan fingerprint density at radius 2 is 0.933 bits per heavy atom. The first kappa shape index (κ1) is 46.0. The molecular formula is C52H47FeN2O5. The Labute approximate surface area is 363 Å². The molecule has 1 heterocycles. The first-order valence-electron chi connectivity index (χ1n) is 19.2. The monoisotopic (exact) mass is 835 g/mol. The van der Waals surface area contributed by atoms with Crippen molar-refractivity contribution in [3.8, 4) is 56.0 Å². The Kier molecular flexibility index (Phi) is 17.2. The number of allylic oxidation sites excluding steroid dienone is 2. The summed E-state index contributed by atoms with van der Waals surface area (Å²) in [4.78, 5) is 20.8. The Morgan fingerprint density at radius 3 is 1.23 bits per heavy atom. The molecule has 0 saturated carbocycles. The van der Waals surface area contributed by atoms with Gasteiger partial charge in [-0.25, -0.2) is 0 Å². The third-order valence-electron chi connectivity index (χ3n) is 9.48. The van der Waals surface area contributed by atoms with Gasteiger partial charge in [0.2, 0.25) is 0 Å². The van der Waals surface area contributed by atoms with E-state index in [1.165, 1.54) is 20.1 Å². The van der Waals surface area contributed by atoms with Gasteiger partial charge >= 0.3 is 23.0 Å². The summed E-state index contributed by atoms with van der Waals surface area (Å²) in [5.74, 6) is -0.302. The van der Waals surface area contributed by atoms with Crippen molar-refractivity contribution in [3.05, 3.63) is 200 Å². The summed E-state index contributed by atoms with van der Waals surface area (Å²) in [5.41, 5.74) is 7.17. The van der Waals surface area contributed by atoms with Crippen molar-refractivity contribution in [3.63, 3.8) is 0 Å². The summed E-state index contributed by atoms with van der Waals surface area (Å²) < 4.78 is 4.87. The van der Waals surface area contributed by atoms with Gasteiger partial charge in [0, 0.05) is 11.9 Å². The zero-order valence-corrected chi connectivity index (χ0v) is 35.4. The van der Waals surface area contributed by atoms with E-state index in [1.807, 2.05) is 164 Å². The van der Waals surface area contributed by atoms with Crippen LogP contribution in [0.5, 0.6) is 11.5 Å². The van der Waals surface area contributed by atoms with E-state index in [2.05, 4.69) is 9.98 Å². The fourth-order valence-corrected chi connectivity index (χ4v) is 6.50. The summed E-state index contributed by atoms with van der Waals surface area (Å²) in [6.07, 6.45) is 3.08. The molecule has 7 aromatic rings. The van der Waals surface area contributed by atoms with E-state index in [1.54, 1.807) is 39.1 Å². The van der Waals surface area contributed by atoms with E-state index in [4.69, 9.17) is 4.74 Å². The number of hydrogen-bond acceptors (Lipinski definition) is 7. The molecular weight excluding hydrogens is 788 g/mol. The SMILES string of the molecule is COC(=O)C(C)(C)[C@@H](N=C(C)/C=C(/C)[O-])c1ccccn1.[Fe+3].[O-]c1c(-c2ccccc2)cccc1-c1ccccc1.[O-]c1c(-c2ccccc2)cccc1-c1ccccc1. The van der Waals surface area contributed by atoms with E-state index in [0.717, 1.165) is 44.5 Å². The number of carbonyl (C=O) groups excluding carboxylic acids is 1. The number of rotatable bonds is 9. The van der Waals surface area contributed by atoms with Crippen molar-refractivity contribution in [2.75, 3.05) is 7.11 Å². The number of methoxy groups -OCH3 is 1. The van der Waals surface area contributed by atoms with Gasteiger partial charge in [-0.2, -0.15) is 0 Å². The number of benzene rings is 6. The molecule has 303 valence electrons. The molecule has 6 aromatic carbocycles. The first-order valence-corrected chi connectivity index (χ1v) is 19.2. The van der Waals surface area contributed by atoms with Crippen molar-refractivity contribution in [1.29, 1.82) is 0 Å². The summed E-state index contributed by atoms with van der Waals surface area (Å²) in [7, 11) is 1.35. The molecule has 0 N–H and O–H groups in total. The molecule has 0 saturated heterocycles. The average molecular weight is 836 g/mol. The fraction of sp³-hybridized carbons (Fsp3) is 0.135. The van der Waals surface area contributed by atoms with Crippen molar-refractivity contribution < 1.29 is 41.9 Å². The van der Waals surface area contributed by atoms with Crippen molar-refractivity contribution in [2.45, 2.75) is 33.7 Å². The molecule has 0 unspecified atom stereocenters. The molecule has 1 atom stereocenters. The Bertz CT molecular complexity index is 2210. The summed E-state index contributed by atoms with van der Waals surface area (Å²) in [6.45, 7) is 6.69. The molecule has 0 spiro atoms. The predicted octanol–water partition coefficient (Wildman–Crippen LogP) is 10.2. The van der Waals surface area contributed by atoms with Gasteiger partial charge in [0.15, 0.2) is 0 Å². The van der Waals surface area contributed by atoms with Crippen molar-refractivity contribution >= 4 is 11.7 Å². The number of ether oxygens (including phenoxy) is 1. The minimum absolute atomic E-state index is 0. The van der Waals surface area contributed by atoms with Crippen molar-refractivity contribution in [1.82, 2.24) is 4.98 Å². The summed E-state index contributed by atoms with van der Waals surface area (Å²) in [6, 6.07) is 55.4. The Morgan fingerprint density at radius 1 is 0.583 bits per heavy atom. The molecule has 0 aliphatic rings. The number of esters is 1. The Balaban J connectivity index is 0.000000197. The number of nitrogens with zero attached hydrogens (tertiary/aromatic N) is 2. The van der Waals surface area contributed by atoms with Crippen LogP contribution in [-0.4, -0.2) is 23.8 Å². The maximum atomic E-state index is 12.6. The maximum Gasteiger partial charge on any atom is 3.00 e. The number of aliphatic imine (C=N–C) groups is 1. The van der Waals surface area contributed by atoms with Gasteiger partial charge in [-0.15, -0.1) is 5.76 Å². The zero-order chi connectivity index (χ0) is 42.2. The van der Waals surface area contributed by atoms with Crippen LogP contribution in [0.25, 0.3) is 44.5 Å². The van der Waals surface area contributed by atoms with Crippen LogP contribution in [-0.2, 0) is 26.6 Å². The van der Waals surface area contributed by atoms with Gasteiger partial charge in [0.05, 0.1) is 18.2 Å². The largest absolute Gasteiger partial charge is 3.00 e. The number of para-hydroxylation sites is 2. The quantitative estimate of drug-likeness (QED) is 0.0618. The second-order valence-electron chi connectivity index (χ2n) is 14.2. The van der Waals surface area contributed by atoms with E-state index in [9.17, 15) is 20.1 Å². The summed E-state index contributed by atoms with van der Waals surface area (Å²) in [5, 5.41) is 36.3. The third kappa shape index (κ3) is 12.1. The van der Waals surface area contributed by atoms with Gasteiger partial charge in [-0.05, 0) is 77.4 Å². The van der Waals surface area contributed by atoms with Crippen LogP contribution in [0.15, 0.2) is 199 Å². The van der Waals surface area contributed by atoms with Crippen LogP contribution >= 0.6 is 0 Å². The first-order chi connectivity index (χ1) is 28.5. The zero-order valence-electron chi connectivity index (χ0n) is 34.3. The Hall–Kier alpha value is -6.73. The van der Waals surface area contributed by atoms with E-state index < -0.39 is 11.5 Å². The molecule has 0 bridgehead atoms. The maximum absolute atomic E-state index is 12.6. The molecule has 8 heteroatoms. The molecule has 7 rings (SSSR count). The van der Waals surface area contributed by atoms with Crippen molar-refractivity contribution in [2.24, 2.45) is 10.4 Å². The smallest absolute Gasteiger partial charge is 0.876 e. The van der Waals surface area contributed by atoms with Crippen LogP contribution in [0.1, 0.15) is 39.4 Å². The fourth-order valence-electron chi connectivity index (χ4n) is 6.50. The number of carbonyl (C=O) groups is 1. The average Bonchev–Trinajstić information content (AvgIpc) is 3.27. The topological polar surface area (TPSA) is 121 Å².